The quantitative estimate of drug-likeness (QED) is 0.746. The Morgan fingerprint density at radius 2 is 2.15 bits per heavy atom. The van der Waals surface area contributed by atoms with Crippen molar-refractivity contribution in [2.24, 2.45) is 11.8 Å². The monoisotopic (exact) mass is 247 g/mol. The Balaban J connectivity index is 2.43. The molecule has 13 heavy (non-hydrogen) atoms. The zero-order valence-electron chi connectivity index (χ0n) is 8.35. The van der Waals surface area contributed by atoms with E-state index in [1.807, 2.05) is 0 Å². The van der Waals surface area contributed by atoms with Crippen LogP contribution in [0.1, 0.15) is 33.1 Å². The van der Waals surface area contributed by atoms with Crippen LogP contribution in [0.3, 0.4) is 0 Å². The van der Waals surface area contributed by atoms with E-state index in [1.54, 1.807) is 0 Å². The molecule has 0 aliphatic heterocycles. The zero-order chi connectivity index (χ0) is 9.84. The summed E-state index contributed by atoms with van der Waals surface area (Å²) < 4.78 is 0. The van der Waals surface area contributed by atoms with Gasteiger partial charge in [-0.3, -0.25) is 4.79 Å². The largest absolute Gasteiger partial charge is 0.352 e. The van der Waals surface area contributed by atoms with Gasteiger partial charge in [-0.1, -0.05) is 42.6 Å². The van der Waals surface area contributed by atoms with Crippen LogP contribution in [0.2, 0.25) is 0 Å². The Kier molecular flexibility index (Phi) is 4.23. The molecule has 1 aliphatic carbocycles. The maximum absolute atomic E-state index is 11.2. The Morgan fingerprint density at radius 3 is 2.77 bits per heavy atom. The van der Waals surface area contributed by atoms with E-state index in [1.165, 1.54) is 12.8 Å². The number of amides is 1. The van der Waals surface area contributed by atoms with E-state index in [2.05, 4.69) is 35.1 Å². The summed E-state index contributed by atoms with van der Waals surface area (Å²) in [6.07, 6.45) is 3.70. The van der Waals surface area contributed by atoms with Crippen molar-refractivity contribution in [2.45, 2.75) is 39.2 Å². The van der Waals surface area contributed by atoms with Gasteiger partial charge in [0.2, 0.25) is 5.91 Å². The van der Waals surface area contributed by atoms with E-state index >= 15 is 0 Å². The predicted molar refractivity (Wildman–Crippen MR) is 57.9 cm³/mol. The lowest BCUT2D eigenvalue weighted by Crippen LogP contribution is -2.44. The van der Waals surface area contributed by atoms with Gasteiger partial charge in [-0.05, 0) is 18.3 Å². The molecule has 0 radical (unpaired) electrons. The first-order valence-corrected chi connectivity index (χ1v) is 6.12. The van der Waals surface area contributed by atoms with Gasteiger partial charge in [-0.25, -0.2) is 0 Å². The van der Waals surface area contributed by atoms with E-state index in [-0.39, 0.29) is 5.91 Å². The molecule has 0 aromatic rings. The summed E-state index contributed by atoms with van der Waals surface area (Å²) in [4.78, 5) is 11.2. The summed E-state index contributed by atoms with van der Waals surface area (Å²) in [6, 6.07) is 0.397. The van der Waals surface area contributed by atoms with Crippen LogP contribution >= 0.6 is 15.9 Å². The minimum absolute atomic E-state index is 0.117. The lowest BCUT2D eigenvalue weighted by atomic mass is 9.78. The molecule has 3 unspecified atom stereocenters. The third kappa shape index (κ3) is 2.97. The average molecular weight is 248 g/mol. The summed E-state index contributed by atoms with van der Waals surface area (Å²) in [5.41, 5.74) is 0. The summed E-state index contributed by atoms with van der Waals surface area (Å²) >= 11 is 3.16. The molecule has 1 aliphatic rings. The fraction of sp³-hybridized carbons (Fsp3) is 0.900. The maximum Gasteiger partial charge on any atom is 0.230 e. The Morgan fingerprint density at radius 1 is 1.46 bits per heavy atom. The van der Waals surface area contributed by atoms with Crippen LogP contribution < -0.4 is 5.32 Å². The van der Waals surface area contributed by atoms with Crippen LogP contribution in [0.15, 0.2) is 0 Å². The molecule has 76 valence electrons. The number of alkyl halides is 1. The first kappa shape index (κ1) is 11.0. The van der Waals surface area contributed by atoms with Gasteiger partial charge in [0, 0.05) is 6.04 Å². The number of carbonyl (C=O) groups is 1. The van der Waals surface area contributed by atoms with Crippen molar-refractivity contribution in [3.8, 4) is 0 Å². The van der Waals surface area contributed by atoms with E-state index in [0.29, 0.717) is 17.3 Å². The number of hydrogen-bond donors (Lipinski definition) is 1. The molecule has 3 atom stereocenters. The highest BCUT2D eigenvalue weighted by molar-refractivity contribution is 9.09. The second kappa shape index (κ2) is 4.99. The van der Waals surface area contributed by atoms with E-state index in [4.69, 9.17) is 0 Å². The molecule has 1 rings (SSSR count). The molecule has 1 saturated carbocycles. The first-order chi connectivity index (χ1) is 6.15. The SMILES string of the molecule is CC1CCCC(NC(=O)CBr)C1C. The van der Waals surface area contributed by atoms with Gasteiger partial charge in [0.1, 0.15) is 0 Å². The third-order valence-electron chi connectivity index (χ3n) is 3.17. The van der Waals surface area contributed by atoms with Crippen molar-refractivity contribution in [1.29, 1.82) is 0 Å². The fourth-order valence-corrected chi connectivity index (χ4v) is 2.19. The first-order valence-electron chi connectivity index (χ1n) is 5.00. The fourth-order valence-electron chi connectivity index (χ4n) is 2.03. The number of halogens is 1. The van der Waals surface area contributed by atoms with Crippen molar-refractivity contribution in [2.75, 3.05) is 5.33 Å². The Hall–Kier alpha value is -0.0500. The smallest absolute Gasteiger partial charge is 0.230 e. The molecule has 0 aromatic heterocycles. The molecule has 0 aromatic carbocycles. The minimum Gasteiger partial charge on any atom is -0.352 e. The summed E-state index contributed by atoms with van der Waals surface area (Å²) in [6.45, 7) is 4.51. The van der Waals surface area contributed by atoms with Gasteiger partial charge in [-0.2, -0.15) is 0 Å². The number of nitrogens with one attached hydrogen (secondary N) is 1. The third-order valence-corrected chi connectivity index (χ3v) is 3.68. The molecular formula is C10H18BrNO. The molecule has 0 bridgehead atoms. The molecule has 1 N–H and O–H groups in total. The van der Waals surface area contributed by atoms with Crippen LogP contribution in [0.4, 0.5) is 0 Å². The van der Waals surface area contributed by atoms with E-state index in [0.717, 1.165) is 12.3 Å². The molecular weight excluding hydrogens is 230 g/mol. The van der Waals surface area contributed by atoms with Crippen LogP contribution in [0.25, 0.3) is 0 Å². The highest BCUT2D eigenvalue weighted by atomic mass is 79.9. The highest BCUT2D eigenvalue weighted by Gasteiger charge is 2.27. The van der Waals surface area contributed by atoms with Crippen LogP contribution in [0, 0.1) is 11.8 Å². The average Bonchev–Trinajstić information content (AvgIpc) is 2.13. The van der Waals surface area contributed by atoms with Gasteiger partial charge in [0.15, 0.2) is 0 Å². The van der Waals surface area contributed by atoms with Crippen molar-refractivity contribution in [3.05, 3.63) is 0 Å². The number of rotatable bonds is 2. The summed E-state index contributed by atoms with van der Waals surface area (Å²) in [5.74, 6) is 1.48. The second-order valence-electron chi connectivity index (χ2n) is 4.07. The van der Waals surface area contributed by atoms with E-state index < -0.39 is 0 Å². The zero-order valence-corrected chi connectivity index (χ0v) is 9.93. The minimum atomic E-state index is 0.117. The van der Waals surface area contributed by atoms with Crippen molar-refractivity contribution < 1.29 is 4.79 Å². The highest BCUT2D eigenvalue weighted by Crippen LogP contribution is 2.29. The predicted octanol–water partition coefficient (Wildman–Crippen LogP) is 2.32. The molecule has 2 nitrogen and oxygen atoms in total. The lowest BCUT2D eigenvalue weighted by molar-refractivity contribution is -0.119. The molecule has 0 saturated heterocycles. The van der Waals surface area contributed by atoms with Crippen LogP contribution in [0.5, 0.6) is 0 Å². The van der Waals surface area contributed by atoms with E-state index in [9.17, 15) is 4.79 Å². The van der Waals surface area contributed by atoms with Gasteiger partial charge < -0.3 is 5.32 Å². The normalized spacial score (nSPS) is 34.2. The van der Waals surface area contributed by atoms with Crippen molar-refractivity contribution in [1.82, 2.24) is 5.32 Å². The Labute approximate surface area is 88.6 Å². The Bertz CT molecular complexity index is 184. The maximum atomic E-state index is 11.2. The lowest BCUT2D eigenvalue weighted by Gasteiger charge is -2.34. The topological polar surface area (TPSA) is 29.1 Å². The van der Waals surface area contributed by atoms with Gasteiger partial charge in [0.25, 0.3) is 0 Å². The van der Waals surface area contributed by atoms with Crippen molar-refractivity contribution >= 4 is 21.8 Å². The molecule has 0 heterocycles. The van der Waals surface area contributed by atoms with Crippen LogP contribution in [-0.2, 0) is 4.79 Å². The van der Waals surface area contributed by atoms with Crippen LogP contribution in [-0.4, -0.2) is 17.3 Å². The van der Waals surface area contributed by atoms with Crippen molar-refractivity contribution in [3.63, 3.8) is 0 Å². The second-order valence-corrected chi connectivity index (χ2v) is 4.64. The summed E-state index contributed by atoms with van der Waals surface area (Å²) in [5, 5.41) is 3.48. The van der Waals surface area contributed by atoms with Gasteiger partial charge >= 0.3 is 0 Å². The number of hydrogen-bond acceptors (Lipinski definition) is 1. The molecule has 3 heteroatoms. The molecule has 1 amide bonds. The standard InChI is InChI=1S/C10H18BrNO/c1-7-4-3-5-9(8(7)2)12-10(13)6-11/h7-9H,3-6H2,1-2H3,(H,12,13). The molecule has 0 spiro atoms. The number of carbonyl (C=O) groups excluding carboxylic acids is 1. The van der Waals surface area contributed by atoms with Gasteiger partial charge in [0.05, 0.1) is 5.33 Å². The van der Waals surface area contributed by atoms with Gasteiger partial charge in [-0.15, -0.1) is 0 Å². The summed E-state index contributed by atoms with van der Waals surface area (Å²) in [7, 11) is 0. The molecule has 1 fully saturated rings.